The molecule has 5 nitrogen and oxygen atoms in total. The Morgan fingerprint density at radius 3 is 2.83 bits per heavy atom. The zero-order valence-corrected chi connectivity index (χ0v) is 16.7. The van der Waals surface area contributed by atoms with Crippen molar-refractivity contribution in [3.05, 3.63) is 83.2 Å². The highest BCUT2D eigenvalue weighted by molar-refractivity contribution is 5.99. The van der Waals surface area contributed by atoms with Gasteiger partial charge in [0.25, 0.3) is 0 Å². The smallest absolute Gasteiger partial charge is 0.167 e. The standard InChI is InChI=1S/C22H23F2N5/c1-4-8-18-21(26-14-29-16(3)27-28-22(18)29)9-6-5-7-12-25-15(2)19-13-17(23)10-11-20(19)24/h5-7,10-14H,4,8-9H2,1-3H3/b6-5-,12-7-,25-15?. The fourth-order valence-corrected chi connectivity index (χ4v) is 3.04. The minimum absolute atomic E-state index is 0.156. The van der Waals surface area contributed by atoms with E-state index in [1.54, 1.807) is 25.5 Å². The average Bonchev–Trinajstić information content (AvgIpc) is 3.08. The summed E-state index contributed by atoms with van der Waals surface area (Å²) in [4.78, 5) is 8.74. The number of halogens is 2. The van der Waals surface area contributed by atoms with Crippen LogP contribution in [0, 0.1) is 18.6 Å². The predicted molar refractivity (Wildman–Crippen MR) is 110 cm³/mol. The van der Waals surface area contributed by atoms with E-state index in [0.29, 0.717) is 12.1 Å². The number of hydrogen-bond donors (Lipinski definition) is 0. The monoisotopic (exact) mass is 395 g/mol. The molecule has 1 aromatic carbocycles. The molecule has 0 atom stereocenters. The molecule has 0 amide bonds. The van der Waals surface area contributed by atoms with E-state index in [1.165, 1.54) is 0 Å². The lowest BCUT2D eigenvalue weighted by Gasteiger charge is -2.07. The molecule has 0 aliphatic rings. The summed E-state index contributed by atoms with van der Waals surface area (Å²) in [5.41, 5.74) is 3.50. The van der Waals surface area contributed by atoms with Gasteiger partial charge in [-0.1, -0.05) is 25.5 Å². The third kappa shape index (κ3) is 4.80. The molecule has 7 heteroatoms. The molecule has 0 fully saturated rings. The van der Waals surface area contributed by atoms with Crippen LogP contribution in [0.15, 0.2) is 53.9 Å². The van der Waals surface area contributed by atoms with Crippen LogP contribution in [0.3, 0.4) is 0 Å². The van der Waals surface area contributed by atoms with Crippen molar-refractivity contribution in [3.8, 4) is 0 Å². The maximum absolute atomic E-state index is 13.7. The quantitative estimate of drug-likeness (QED) is 0.427. The minimum atomic E-state index is -0.495. The zero-order valence-electron chi connectivity index (χ0n) is 16.7. The van der Waals surface area contributed by atoms with Crippen LogP contribution in [-0.4, -0.2) is 25.3 Å². The predicted octanol–water partition coefficient (Wildman–Crippen LogP) is 4.79. The van der Waals surface area contributed by atoms with Gasteiger partial charge < -0.3 is 0 Å². The molecule has 0 saturated carbocycles. The first kappa shape index (κ1) is 20.5. The van der Waals surface area contributed by atoms with Crippen LogP contribution in [0.4, 0.5) is 8.78 Å². The number of fused-ring (bicyclic) bond motifs is 1. The van der Waals surface area contributed by atoms with E-state index in [0.717, 1.165) is 53.8 Å². The molecule has 0 radical (unpaired) electrons. The average molecular weight is 395 g/mol. The summed E-state index contributed by atoms with van der Waals surface area (Å²) in [5.74, 6) is -0.168. The van der Waals surface area contributed by atoms with Gasteiger partial charge in [-0.2, -0.15) is 0 Å². The number of benzene rings is 1. The van der Waals surface area contributed by atoms with Crippen molar-refractivity contribution in [1.29, 1.82) is 0 Å². The first-order chi connectivity index (χ1) is 14.0. The molecule has 2 heterocycles. The molecule has 0 unspecified atom stereocenters. The van der Waals surface area contributed by atoms with Crippen molar-refractivity contribution >= 4 is 11.4 Å². The normalized spacial score (nSPS) is 12.7. The number of allylic oxidation sites excluding steroid dienone is 3. The molecular weight excluding hydrogens is 372 g/mol. The van der Waals surface area contributed by atoms with Gasteiger partial charge in [-0.05, 0) is 44.5 Å². The van der Waals surface area contributed by atoms with E-state index in [9.17, 15) is 8.78 Å². The van der Waals surface area contributed by atoms with Gasteiger partial charge in [0.15, 0.2) is 5.65 Å². The Kier molecular flexibility index (Phi) is 6.59. The van der Waals surface area contributed by atoms with E-state index < -0.39 is 11.6 Å². The number of nitrogens with zero attached hydrogens (tertiary/aromatic N) is 5. The third-order valence-electron chi connectivity index (χ3n) is 4.54. The van der Waals surface area contributed by atoms with Crippen molar-refractivity contribution < 1.29 is 8.78 Å². The highest BCUT2D eigenvalue weighted by Crippen LogP contribution is 2.16. The highest BCUT2D eigenvalue weighted by Gasteiger charge is 2.11. The molecule has 3 rings (SSSR count). The summed E-state index contributed by atoms with van der Waals surface area (Å²) in [6.45, 7) is 5.67. The van der Waals surface area contributed by atoms with E-state index in [-0.39, 0.29) is 5.56 Å². The Hall–Kier alpha value is -3.22. The third-order valence-corrected chi connectivity index (χ3v) is 4.54. The van der Waals surface area contributed by atoms with Crippen molar-refractivity contribution in [2.75, 3.05) is 0 Å². The van der Waals surface area contributed by atoms with Gasteiger partial charge in [-0.3, -0.25) is 9.39 Å². The summed E-state index contributed by atoms with van der Waals surface area (Å²) in [6.07, 6.45) is 11.4. The first-order valence-electron chi connectivity index (χ1n) is 9.50. The van der Waals surface area contributed by atoms with Crippen LogP contribution in [0.5, 0.6) is 0 Å². The lowest BCUT2D eigenvalue weighted by molar-refractivity contribution is 0.598. The van der Waals surface area contributed by atoms with Crippen molar-refractivity contribution in [1.82, 2.24) is 19.6 Å². The van der Waals surface area contributed by atoms with Gasteiger partial charge in [0.2, 0.25) is 0 Å². The van der Waals surface area contributed by atoms with E-state index in [2.05, 4.69) is 27.1 Å². The SMILES string of the molecule is CCCc1c(C/C=C\C=C/N=C(C)c2cc(F)ccc2F)ncn2c(C)nnc12. The zero-order chi connectivity index (χ0) is 20.8. The maximum Gasteiger partial charge on any atom is 0.167 e. The molecule has 0 aliphatic carbocycles. The molecule has 2 aromatic heterocycles. The van der Waals surface area contributed by atoms with Gasteiger partial charge >= 0.3 is 0 Å². The second kappa shape index (κ2) is 9.32. The summed E-state index contributed by atoms with van der Waals surface area (Å²) in [6, 6.07) is 3.33. The van der Waals surface area contributed by atoms with Crippen LogP contribution < -0.4 is 0 Å². The van der Waals surface area contributed by atoms with Gasteiger partial charge in [0.05, 0.1) is 5.69 Å². The minimum Gasteiger partial charge on any atom is -0.269 e. The van der Waals surface area contributed by atoms with E-state index in [4.69, 9.17) is 0 Å². The summed E-state index contributed by atoms with van der Waals surface area (Å²) in [7, 11) is 0. The second-order valence-electron chi connectivity index (χ2n) is 6.67. The first-order valence-corrected chi connectivity index (χ1v) is 9.50. The van der Waals surface area contributed by atoms with Crippen molar-refractivity contribution in [2.45, 2.75) is 40.0 Å². The Bertz CT molecular complexity index is 1100. The fraction of sp³-hybridized carbons (Fsp3) is 0.273. The second-order valence-corrected chi connectivity index (χ2v) is 6.67. The van der Waals surface area contributed by atoms with E-state index in [1.807, 2.05) is 23.5 Å². The van der Waals surface area contributed by atoms with Gasteiger partial charge in [-0.25, -0.2) is 13.8 Å². The number of aromatic nitrogens is 4. The van der Waals surface area contributed by atoms with Crippen LogP contribution in [0.25, 0.3) is 5.65 Å². The molecule has 0 spiro atoms. The van der Waals surface area contributed by atoms with Gasteiger partial charge in [0.1, 0.15) is 23.8 Å². The Balaban J connectivity index is 1.70. The Labute approximate surface area is 168 Å². The van der Waals surface area contributed by atoms with Crippen molar-refractivity contribution in [3.63, 3.8) is 0 Å². The van der Waals surface area contributed by atoms with E-state index >= 15 is 0 Å². The molecule has 3 aromatic rings. The molecule has 0 bridgehead atoms. The molecule has 29 heavy (non-hydrogen) atoms. The highest BCUT2D eigenvalue weighted by atomic mass is 19.1. The molecule has 0 N–H and O–H groups in total. The fourth-order valence-electron chi connectivity index (χ4n) is 3.04. The molecular formula is C22H23F2N5. The molecule has 0 aliphatic heterocycles. The van der Waals surface area contributed by atoms with Gasteiger partial charge in [-0.15, -0.1) is 10.2 Å². The van der Waals surface area contributed by atoms with Gasteiger partial charge in [0, 0.05) is 29.5 Å². The Morgan fingerprint density at radius 2 is 2.03 bits per heavy atom. The number of rotatable bonds is 7. The topological polar surface area (TPSA) is 55.4 Å². The maximum atomic E-state index is 13.7. The summed E-state index contributed by atoms with van der Waals surface area (Å²) >= 11 is 0. The lowest BCUT2D eigenvalue weighted by Crippen LogP contribution is -2.03. The lowest BCUT2D eigenvalue weighted by atomic mass is 10.1. The summed E-state index contributed by atoms with van der Waals surface area (Å²) in [5, 5.41) is 8.41. The molecule has 0 saturated heterocycles. The summed E-state index contributed by atoms with van der Waals surface area (Å²) < 4.78 is 28.9. The number of aliphatic imine (C=N–C) groups is 1. The van der Waals surface area contributed by atoms with Crippen LogP contribution in [0.1, 0.15) is 42.9 Å². The Morgan fingerprint density at radius 1 is 1.21 bits per heavy atom. The van der Waals surface area contributed by atoms with Crippen LogP contribution >= 0.6 is 0 Å². The largest absolute Gasteiger partial charge is 0.269 e. The molecule has 150 valence electrons. The van der Waals surface area contributed by atoms with Crippen molar-refractivity contribution in [2.24, 2.45) is 4.99 Å². The van der Waals surface area contributed by atoms with Crippen LogP contribution in [0.2, 0.25) is 0 Å². The van der Waals surface area contributed by atoms with Crippen LogP contribution in [-0.2, 0) is 12.8 Å². The number of hydrogen-bond acceptors (Lipinski definition) is 4. The number of aryl methyl sites for hydroxylation is 2.